The molecule has 0 radical (unpaired) electrons. The van der Waals surface area contributed by atoms with Crippen molar-refractivity contribution in [3.8, 4) is 0 Å². The third-order valence-corrected chi connectivity index (χ3v) is 4.70. The van der Waals surface area contributed by atoms with Gasteiger partial charge in [-0.05, 0) is 37.5 Å². The van der Waals surface area contributed by atoms with E-state index in [-0.39, 0.29) is 11.8 Å². The zero-order valence-electron chi connectivity index (χ0n) is 14.7. The minimum Gasteiger partial charge on any atom is -0.339 e. The molecule has 0 fully saturated rings. The average molecular weight is 337 g/mol. The van der Waals surface area contributed by atoms with Crippen LogP contribution in [0.5, 0.6) is 0 Å². The third-order valence-electron chi connectivity index (χ3n) is 4.70. The lowest BCUT2D eigenvalue weighted by Gasteiger charge is -2.29. The van der Waals surface area contributed by atoms with Gasteiger partial charge < -0.3 is 9.80 Å². The lowest BCUT2D eigenvalue weighted by atomic mass is 9.99. The van der Waals surface area contributed by atoms with E-state index in [4.69, 9.17) is 0 Å². The van der Waals surface area contributed by atoms with Crippen molar-refractivity contribution in [3.05, 3.63) is 65.0 Å². The van der Waals surface area contributed by atoms with Crippen molar-refractivity contribution in [1.82, 2.24) is 14.8 Å². The molecule has 1 aromatic carbocycles. The average Bonchev–Trinajstić information content (AvgIpc) is 2.68. The van der Waals surface area contributed by atoms with E-state index < -0.39 is 0 Å². The molecule has 0 spiro atoms. The van der Waals surface area contributed by atoms with Gasteiger partial charge in [0.2, 0.25) is 0 Å². The van der Waals surface area contributed by atoms with Crippen molar-refractivity contribution in [2.24, 2.45) is 0 Å². The molecule has 3 rings (SSSR count). The Morgan fingerprint density at radius 2 is 1.76 bits per heavy atom. The summed E-state index contributed by atoms with van der Waals surface area (Å²) in [5.74, 6) is -0.160. The van der Waals surface area contributed by atoms with E-state index in [0.29, 0.717) is 37.3 Å². The van der Waals surface area contributed by atoms with Gasteiger partial charge >= 0.3 is 0 Å². The molecule has 1 aliphatic rings. The van der Waals surface area contributed by atoms with Crippen LogP contribution < -0.4 is 0 Å². The van der Waals surface area contributed by atoms with Crippen LogP contribution >= 0.6 is 0 Å². The van der Waals surface area contributed by atoms with E-state index in [1.54, 1.807) is 17.2 Å². The van der Waals surface area contributed by atoms with Gasteiger partial charge in [0.1, 0.15) is 0 Å². The maximum absolute atomic E-state index is 12.9. The maximum atomic E-state index is 12.9. The summed E-state index contributed by atoms with van der Waals surface area (Å²) in [4.78, 5) is 33.0. The van der Waals surface area contributed by atoms with E-state index in [2.05, 4.69) is 17.1 Å². The second-order valence-electron chi connectivity index (χ2n) is 6.19. The molecule has 0 N–H and O–H groups in total. The quantitative estimate of drug-likeness (QED) is 0.862. The number of aromatic nitrogens is 1. The normalized spacial score (nSPS) is 13.3. The molecule has 2 aromatic rings. The maximum Gasteiger partial charge on any atom is 0.255 e. The Hall–Kier alpha value is -2.69. The van der Waals surface area contributed by atoms with Crippen LogP contribution in [0.2, 0.25) is 0 Å². The van der Waals surface area contributed by atoms with Crippen LogP contribution in [0.4, 0.5) is 0 Å². The highest BCUT2D eigenvalue weighted by Gasteiger charge is 2.23. The Morgan fingerprint density at radius 3 is 2.48 bits per heavy atom. The molecule has 5 nitrogen and oxygen atoms in total. The number of carbonyl (C=O) groups is 2. The Bertz CT molecular complexity index is 784. The molecule has 5 heteroatoms. The Morgan fingerprint density at radius 1 is 1.08 bits per heavy atom. The summed E-state index contributed by atoms with van der Waals surface area (Å²) in [5.41, 5.74) is 3.42. The fourth-order valence-corrected chi connectivity index (χ4v) is 3.22. The van der Waals surface area contributed by atoms with Gasteiger partial charge in [-0.15, -0.1) is 0 Å². The second-order valence-corrected chi connectivity index (χ2v) is 6.19. The highest BCUT2D eigenvalue weighted by Crippen LogP contribution is 2.20. The molecular formula is C20H23N3O2. The molecule has 130 valence electrons. The number of pyridine rings is 1. The molecule has 0 aliphatic carbocycles. The highest BCUT2D eigenvalue weighted by atomic mass is 16.2. The van der Waals surface area contributed by atoms with Crippen LogP contribution in [-0.2, 0) is 13.0 Å². The number of benzene rings is 1. The van der Waals surface area contributed by atoms with Gasteiger partial charge in [0.15, 0.2) is 0 Å². The number of amides is 2. The summed E-state index contributed by atoms with van der Waals surface area (Å²) in [6.07, 6.45) is 3.93. The molecular weight excluding hydrogens is 314 g/mol. The number of nitrogens with zero attached hydrogens (tertiary/aromatic N) is 3. The van der Waals surface area contributed by atoms with Gasteiger partial charge in [0.25, 0.3) is 11.8 Å². The Balaban J connectivity index is 1.79. The summed E-state index contributed by atoms with van der Waals surface area (Å²) in [6, 6.07) is 9.87. The fraction of sp³-hybridized carbons (Fsp3) is 0.350. The van der Waals surface area contributed by atoms with Crippen molar-refractivity contribution >= 4 is 11.8 Å². The van der Waals surface area contributed by atoms with E-state index in [1.165, 1.54) is 17.3 Å². The lowest BCUT2D eigenvalue weighted by molar-refractivity contribution is 0.0734. The number of hydrogen-bond donors (Lipinski definition) is 0. The topological polar surface area (TPSA) is 53.5 Å². The molecule has 0 bridgehead atoms. The van der Waals surface area contributed by atoms with Crippen molar-refractivity contribution in [2.45, 2.75) is 26.8 Å². The fourth-order valence-electron chi connectivity index (χ4n) is 3.22. The minimum absolute atomic E-state index is 0.0730. The summed E-state index contributed by atoms with van der Waals surface area (Å²) >= 11 is 0. The van der Waals surface area contributed by atoms with E-state index in [9.17, 15) is 9.59 Å². The number of carbonyl (C=O) groups excluding carboxylic acids is 2. The third kappa shape index (κ3) is 3.55. The first-order valence-corrected chi connectivity index (χ1v) is 8.74. The van der Waals surface area contributed by atoms with Gasteiger partial charge in [-0.25, -0.2) is 0 Å². The molecule has 0 saturated carbocycles. The molecule has 0 saturated heterocycles. The largest absolute Gasteiger partial charge is 0.339 e. The van der Waals surface area contributed by atoms with Gasteiger partial charge in [0, 0.05) is 38.6 Å². The Kier molecular flexibility index (Phi) is 5.12. The smallest absolute Gasteiger partial charge is 0.255 e. The van der Waals surface area contributed by atoms with Gasteiger partial charge in [0.05, 0.1) is 11.1 Å². The molecule has 0 unspecified atom stereocenters. The number of hydrogen-bond acceptors (Lipinski definition) is 3. The zero-order valence-corrected chi connectivity index (χ0v) is 14.7. The minimum atomic E-state index is -0.0869. The van der Waals surface area contributed by atoms with Gasteiger partial charge in [-0.3, -0.25) is 14.6 Å². The summed E-state index contributed by atoms with van der Waals surface area (Å²) in [7, 11) is 0. The Labute approximate surface area is 148 Å². The van der Waals surface area contributed by atoms with Crippen LogP contribution in [0, 0.1) is 0 Å². The summed E-state index contributed by atoms with van der Waals surface area (Å²) < 4.78 is 0. The molecule has 1 aliphatic heterocycles. The molecule has 0 atom stereocenters. The van der Waals surface area contributed by atoms with Crippen molar-refractivity contribution in [3.63, 3.8) is 0 Å². The molecule has 2 heterocycles. The van der Waals surface area contributed by atoms with Crippen LogP contribution in [0.1, 0.15) is 45.7 Å². The van der Waals surface area contributed by atoms with Gasteiger partial charge in [-0.1, -0.05) is 24.3 Å². The number of rotatable bonds is 4. The van der Waals surface area contributed by atoms with Crippen molar-refractivity contribution in [1.29, 1.82) is 0 Å². The van der Waals surface area contributed by atoms with Crippen LogP contribution in [0.15, 0.2) is 42.7 Å². The van der Waals surface area contributed by atoms with Crippen molar-refractivity contribution in [2.75, 3.05) is 19.6 Å². The monoisotopic (exact) mass is 337 g/mol. The zero-order chi connectivity index (χ0) is 17.8. The van der Waals surface area contributed by atoms with Gasteiger partial charge in [-0.2, -0.15) is 0 Å². The first-order chi connectivity index (χ1) is 12.1. The second kappa shape index (κ2) is 7.47. The van der Waals surface area contributed by atoms with Crippen LogP contribution in [0.3, 0.4) is 0 Å². The first-order valence-electron chi connectivity index (χ1n) is 8.74. The van der Waals surface area contributed by atoms with Crippen molar-refractivity contribution < 1.29 is 9.59 Å². The van der Waals surface area contributed by atoms with E-state index in [1.807, 2.05) is 30.9 Å². The molecule has 1 aromatic heterocycles. The van der Waals surface area contributed by atoms with E-state index in [0.717, 1.165) is 6.42 Å². The lowest BCUT2D eigenvalue weighted by Crippen LogP contribution is -2.36. The van der Waals surface area contributed by atoms with Crippen LogP contribution in [-0.4, -0.2) is 46.2 Å². The standard InChI is InChI=1S/C20H23N3O2/c1-3-22(4-2)19(24)17-11-18(13-21-12-17)20(25)23-10-9-15-7-5-6-8-16(15)14-23/h5-8,11-13H,3-4,9-10,14H2,1-2H3. The highest BCUT2D eigenvalue weighted by molar-refractivity contribution is 5.99. The summed E-state index contributed by atoms with van der Waals surface area (Å²) in [5, 5.41) is 0. The molecule has 25 heavy (non-hydrogen) atoms. The first kappa shape index (κ1) is 17.1. The molecule has 2 amide bonds. The summed E-state index contributed by atoms with van der Waals surface area (Å²) in [6.45, 7) is 6.43. The predicted molar refractivity (Wildman–Crippen MR) is 96.4 cm³/mol. The SMILES string of the molecule is CCN(CC)C(=O)c1cncc(C(=O)N2CCc3ccccc3C2)c1. The van der Waals surface area contributed by atoms with Crippen LogP contribution in [0.25, 0.3) is 0 Å². The van der Waals surface area contributed by atoms with E-state index >= 15 is 0 Å². The predicted octanol–water partition coefficient (Wildman–Crippen LogP) is 2.76. The number of fused-ring (bicyclic) bond motifs is 1.